The number of hydrogen-bond acceptors (Lipinski definition) is 4. The predicted molar refractivity (Wildman–Crippen MR) is 82.5 cm³/mol. The molecule has 1 heterocycles. The highest BCUT2D eigenvalue weighted by Crippen LogP contribution is 2.24. The van der Waals surface area contributed by atoms with Crippen LogP contribution in [0.4, 0.5) is 17.1 Å². The fourth-order valence-electron chi connectivity index (χ4n) is 1.95. The van der Waals surface area contributed by atoms with E-state index in [4.69, 9.17) is 0 Å². The number of rotatable bonds is 4. The van der Waals surface area contributed by atoms with Crippen LogP contribution in [0, 0.1) is 0 Å². The minimum atomic E-state index is -0.161. The second kappa shape index (κ2) is 6.06. The molecule has 1 amide bonds. The molecule has 0 atom stereocenters. The van der Waals surface area contributed by atoms with Crippen molar-refractivity contribution in [3.63, 3.8) is 0 Å². The van der Waals surface area contributed by atoms with Crippen molar-refractivity contribution in [2.45, 2.75) is 0 Å². The molecule has 20 heavy (non-hydrogen) atoms. The van der Waals surface area contributed by atoms with E-state index in [9.17, 15) is 4.79 Å². The Labute approximate surface area is 118 Å². The van der Waals surface area contributed by atoms with Crippen LogP contribution in [0.2, 0.25) is 0 Å². The van der Waals surface area contributed by atoms with Crippen LogP contribution in [-0.4, -0.2) is 32.0 Å². The van der Waals surface area contributed by atoms with Crippen LogP contribution in [0.5, 0.6) is 0 Å². The molecule has 104 valence electrons. The van der Waals surface area contributed by atoms with E-state index >= 15 is 0 Å². The molecule has 5 nitrogen and oxygen atoms in total. The number of anilines is 3. The van der Waals surface area contributed by atoms with Gasteiger partial charge in [-0.2, -0.15) is 0 Å². The first-order valence-corrected chi connectivity index (χ1v) is 6.33. The first-order chi connectivity index (χ1) is 9.63. The average Bonchev–Trinajstić information content (AvgIpc) is 2.47. The largest absolute Gasteiger partial charge is 0.386 e. The van der Waals surface area contributed by atoms with Gasteiger partial charge in [0.05, 0.1) is 28.8 Å². The van der Waals surface area contributed by atoms with Crippen molar-refractivity contribution in [1.82, 2.24) is 4.98 Å². The second-order valence-corrected chi connectivity index (χ2v) is 4.54. The van der Waals surface area contributed by atoms with E-state index in [2.05, 4.69) is 15.6 Å². The van der Waals surface area contributed by atoms with Crippen molar-refractivity contribution in [2.24, 2.45) is 0 Å². The predicted octanol–water partition coefficient (Wildman–Crippen LogP) is 2.44. The Kier molecular flexibility index (Phi) is 4.20. The molecular formula is C15H18N4O. The van der Waals surface area contributed by atoms with Gasteiger partial charge >= 0.3 is 0 Å². The summed E-state index contributed by atoms with van der Waals surface area (Å²) in [5.74, 6) is -0.161. The van der Waals surface area contributed by atoms with Crippen molar-refractivity contribution in [2.75, 3.05) is 36.7 Å². The van der Waals surface area contributed by atoms with Gasteiger partial charge in [0.2, 0.25) is 0 Å². The number of carbonyl (C=O) groups excluding carboxylic acids is 1. The Morgan fingerprint density at radius 3 is 2.60 bits per heavy atom. The summed E-state index contributed by atoms with van der Waals surface area (Å²) >= 11 is 0. The van der Waals surface area contributed by atoms with Crippen LogP contribution in [-0.2, 0) is 0 Å². The molecule has 2 aromatic rings. The van der Waals surface area contributed by atoms with Crippen LogP contribution in [0.15, 0.2) is 42.7 Å². The minimum absolute atomic E-state index is 0.161. The van der Waals surface area contributed by atoms with Gasteiger partial charge in [0.15, 0.2) is 0 Å². The lowest BCUT2D eigenvalue weighted by molar-refractivity contribution is 0.102. The van der Waals surface area contributed by atoms with Gasteiger partial charge in [0.25, 0.3) is 5.91 Å². The zero-order chi connectivity index (χ0) is 14.5. The average molecular weight is 270 g/mol. The fraction of sp³-hybridized carbons (Fsp3) is 0.200. The molecule has 0 bridgehead atoms. The van der Waals surface area contributed by atoms with Gasteiger partial charge in [-0.05, 0) is 18.2 Å². The number of para-hydroxylation sites is 2. The van der Waals surface area contributed by atoms with Gasteiger partial charge in [0.1, 0.15) is 0 Å². The summed E-state index contributed by atoms with van der Waals surface area (Å²) in [6.07, 6.45) is 3.24. The zero-order valence-electron chi connectivity index (χ0n) is 11.8. The van der Waals surface area contributed by atoms with Gasteiger partial charge in [-0.1, -0.05) is 12.1 Å². The highest BCUT2D eigenvalue weighted by atomic mass is 16.1. The highest BCUT2D eigenvalue weighted by Gasteiger charge is 2.13. The van der Waals surface area contributed by atoms with Gasteiger partial charge in [-0.3, -0.25) is 9.78 Å². The van der Waals surface area contributed by atoms with Crippen molar-refractivity contribution in [3.05, 3.63) is 48.3 Å². The van der Waals surface area contributed by atoms with Gasteiger partial charge in [-0.25, -0.2) is 0 Å². The van der Waals surface area contributed by atoms with E-state index < -0.39 is 0 Å². The summed E-state index contributed by atoms with van der Waals surface area (Å²) in [7, 11) is 5.65. The third-order valence-electron chi connectivity index (χ3n) is 2.97. The number of amides is 1. The molecule has 2 N–H and O–H groups in total. The Morgan fingerprint density at radius 1 is 1.15 bits per heavy atom. The first kappa shape index (κ1) is 13.9. The van der Waals surface area contributed by atoms with Crippen LogP contribution < -0.4 is 15.5 Å². The quantitative estimate of drug-likeness (QED) is 0.896. The van der Waals surface area contributed by atoms with Gasteiger partial charge in [0, 0.05) is 27.3 Å². The molecule has 1 aromatic carbocycles. The Hall–Kier alpha value is -2.56. The summed E-state index contributed by atoms with van der Waals surface area (Å²) in [6.45, 7) is 0. The molecule has 0 saturated carbocycles. The maximum atomic E-state index is 12.4. The number of nitrogens with one attached hydrogen (secondary N) is 2. The van der Waals surface area contributed by atoms with Crippen molar-refractivity contribution in [3.8, 4) is 0 Å². The monoisotopic (exact) mass is 270 g/mol. The molecule has 1 aromatic heterocycles. The number of carbonyl (C=O) groups is 1. The third kappa shape index (κ3) is 2.88. The smallest absolute Gasteiger partial charge is 0.257 e. The summed E-state index contributed by atoms with van der Waals surface area (Å²) < 4.78 is 0. The number of benzene rings is 1. The molecule has 0 aliphatic rings. The molecule has 0 saturated heterocycles. The van der Waals surface area contributed by atoms with E-state index in [0.29, 0.717) is 11.3 Å². The van der Waals surface area contributed by atoms with Crippen molar-refractivity contribution >= 4 is 23.0 Å². The Bertz CT molecular complexity index is 610. The molecule has 0 spiro atoms. The molecule has 0 unspecified atom stereocenters. The highest BCUT2D eigenvalue weighted by molar-refractivity contribution is 6.09. The van der Waals surface area contributed by atoms with Crippen LogP contribution in [0.1, 0.15) is 10.4 Å². The molecular weight excluding hydrogens is 252 g/mol. The first-order valence-electron chi connectivity index (χ1n) is 6.33. The molecule has 0 aliphatic carbocycles. The zero-order valence-corrected chi connectivity index (χ0v) is 11.8. The number of nitrogens with zero attached hydrogens (tertiary/aromatic N) is 2. The van der Waals surface area contributed by atoms with Crippen molar-refractivity contribution < 1.29 is 4.79 Å². The fourth-order valence-corrected chi connectivity index (χ4v) is 1.95. The van der Waals surface area contributed by atoms with E-state index in [1.54, 1.807) is 25.5 Å². The molecule has 0 aliphatic heterocycles. The molecule has 0 radical (unpaired) electrons. The lowest BCUT2D eigenvalue weighted by atomic mass is 10.2. The number of pyridine rings is 1. The summed E-state index contributed by atoms with van der Waals surface area (Å²) in [4.78, 5) is 18.3. The third-order valence-corrected chi connectivity index (χ3v) is 2.97. The summed E-state index contributed by atoms with van der Waals surface area (Å²) in [5.41, 5.74) is 3.01. The normalized spacial score (nSPS) is 9.95. The Balaban J connectivity index is 2.28. The number of aromatic nitrogens is 1. The van der Waals surface area contributed by atoms with E-state index in [0.717, 1.165) is 11.4 Å². The van der Waals surface area contributed by atoms with E-state index in [1.807, 2.05) is 43.3 Å². The molecule has 2 rings (SSSR count). The second-order valence-electron chi connectivity index (χ2n) is 4.54. The van der Waals surface area contributed by atoms with Crippen LogP contribution in [0.3, 0.4) is 0 Å². The van der Waals surface area contributed by atoms with Gasteiger partial charge < -0.3 is 15.5 Å². The Morgan fingerprint density at radius 2 is 1.90 bits per heavy atom. The standard InChI is InChI=1S/C15H18N4O/c1-16-13-10-17-9-8-11(13)15(20)18-12-6-4-5-7-14(12)19(2)3/h4-10,16H,1-3H3,(H,18,20). The maximum absolute atomic E-state index is 12.4. The lowest BCUT2D eigenvalue weighted by Crippen LogP contribution is -2.17. The van der Waals surface area contributed by atoms with Crippen LogP contribution in [0.25, 0.3) is 0 Å². The maximum Gasteiger partial charge on any atom is 0.257 e. The van der Waals surface area contributed by atoms with Crippen molar-refractivity contribution in [1.29, 1.82) is 0 Å². The minimum Gasteiger partial charge on any atom is -0.386 e. The SMILES string of the molecule is CNc1cnccc1C(=O)Nc1ccccc1N(C)C. The lowest BCUT2D eigenvalue weighted by Gasteiger charge is -2.18. The summed E-state index contributed by atoms with van der Waals surface area (Å²) in [5, 5.41) is 5.90. The van der Waals surface area contributed by atoms with E-state index in [-0.39, 0.29) is 5.91 Å². The van der Waals surface area contributed by atoms with E-state index in [1.165, 1.54) is 0 Å². The molecule has 5 heteroatoms. The van der Waals surface area contributed by atoms with Gasteiger partial charge in [-0.15, -0.1) is 0 Å². The molecule has 0 fully saturated rings. The number of hydrogen-bond donors (Lipinski definition) is 2. The topological polar surface area (TPSA) is 57.3 Å². The van der Waals surface area contributed by atoms with Crippen LogP contribution >= 0.6 is 0 Å². The summed E-state index contributed by atoms with van der Waals surface area (Å²) in [6, 6.07) is 9.37.